The first-order chi connectivity index (χ1) is 11.8. The Hall–Kier alpha value is -1.59. The Bertz CT molecular complexity index is 596. The number of hydrogen-bond acceptors (Lipinski definition) is 4. The quantitative estimate of drug-likeness (QED) is 0.900. The normalized spacial score (nSPS) is 30.5. The van der Waals surface area contributed by atoms with E-state index < -0.39 is 0 Å². The van der Waals surface area contributed by atoms with E-state index in [0.29, 0.717) is 12.6 Å². The van der Waals surface area contributed by atoms with Crippen molar-refractivity contribution in [2.24, 2.45) is 0 Å². The number of carbonyl (C=O) groups is 1. The number of benzene rings is 1. The van der Waals surface area contributed by atoms with Crippen molar-refractivity contribution >= 4 is 5.91 Å². The van der Waals surface area contributed by atoms with Gasteiger partial charge in [-0.2, -0.15) is 0 Å². The predicted molar refractivity (Wildman–Crippen MR) is 91.0 cm³/mol. The van der Waals surface area contributed by atoms with Crippen molar-refractivity contribution in [3.63, 3.8) is 0 Å². The maximum atomic E-state index is 12.5. The third kappa shape index (κ3) is 3.15. The number of nitrogens with zero attached hydrogens (tertiary/aromatic N) is 1. The maximum absolute atomic E-state index is 12.5. The Labute approximate surface area is 143 Å². The number of carbonyl (C=O) groups excluding carboxylic acids is 1. The fourth-order valence-electron chi connectivity index (χ4n) is 4.09. The molecule has 0 aromatic heterocycles. The van der Waals surface area contributed by atoms with Gasteiger partial charge < -0.3 is 14.8 Å². The molecule has 0 spiro atoms. The third-order valence-corrected chi connectivity index (χ3v) is 5.44. The molecule has 1 aromatic rings. The SMILES string of the molecule is COc1cccc(C2C(NC(=O)C3CCCO3)CCN2C2CC2)c1. The molecule has 1 aromatic carbocycles. The minimum atomic E-state index is -0.258. The highest BCUT2D eigenvalue weighted by Gasteiger charge is 2.43. The summed E-state index contributed by atoms with van der Waals surface area (Å²) in [6.45, 7) is 1.75. The van der Waals surface area contributed by atoms with Crippen molar-refractivity contribution in [2.45, 2.75) is 56.3 Å². The summed E-state index contributed by atoms with van der Waals surface area (Å²) in [6, 6.07) is 9.32. The van der Waals surface area contributed by atoms with Crippen LogP contribution in [0.15, 0.2) is 24.3 Å². The molecule has 3 atom stereocenters. The van der Waals surface area contributed by atoms with Gasteiger partial charge in [-0.3, -0.25) is 9.69 Å². The zero-order valence-electron chi connectivity index (χ0n) is 14.2. The lowest BCUT2D eigenvalue weighted by Crippen LogP contribution is -2.44. The van der Waals surface area contributed by atoms with E-state index in [1.807, 2.05) is 12.1 Å². The van der Waals surface area contributed by atoms with E-state index in [2.05, 4.69) is 22.3 Å². The van der Waals surface area contributed by atoms with E-state index in [1.54, 1.807) is 7.11 Å². The van der Waals surface area contributed by atoms with E-state index in [0.717, 1.165) is 31.6 Å². The summed E-state index contributed by atoms with van der Waals surface area (Å²) >= 11 is 0. The monoisotopic (exact) mass is 330 g/mol. The Morgan fingerprint density at radius 2 is 2.17 bits per heavy atom. The van der Waals surface area contributed by atoms with Gasteiger partial charge in [0.25, 0.3) is 0 Å². The maximum Gasteiger partial charge on any atom is 0.249 e. The van der Waals surface area contributed by atoms with Gasteiger partial charge in [0.15, 0.2) is 0 Å². The second-order valence-corrected chi connectivity index (χ2v) is 7.10. The van der Waals surface area contributed by atoms with Crippen LogP contribution in [0.5, 0.6) is 5.75 Å². The smallest absolute Gasteiger partial charge is 0.249 e. The number of rotatable bonds is 5. The molecule has 0 bridgehead atoms. The highest BCUT2D eigenvalue weighted by Crippen LogP contribution is 2.41. The van der Waals surface area contributed by atoms with Crippen LogP contribution in [0.4, 0.5) is 0 Å². The molecule has 0 radical (unpaired) electrons. The molecule has 3 fully saturated rings. The van der Waals surface area contributed by atoms with Crippen LogP contribution in [0.25, 0.3) is 0 Å². The minimum Gasteiger partial charge on any atom is -0.497 e. The topological polar surface area (TPSA) is 50.8 Å². The van der Waals surface area contributed by atoms with Gasteiger partial charge in [-0.1, -0.05) is 12.1 Å². The molecule has 2 heterocycles. The Balaban J connectivity index is 1.54. The lowest BCUT2D eigenvalue weighted by atomic mass is 9.99. The molecule has 3 aliphatic rings. The lowest BCUT2D eigenvalue weighted by molar-refractivity contribution is -0.131. The van der Waals surface area contributed by atoms with Crippen LogP contribution in [0.1, 0.15) is 43.7 Å². The zero-order chi connectivity index (χ0) is 16.5. The first-order valence-electron chi connectivity index (χ1n) is 9.08. The molecule has 1 amide bonds. The zero-order valence-corrected chi connectivity index (χ0v) is 14.2. The Kier molecular flexibility index (Phi) is 4.46. The summed E-state index contributed by atoms with van der Waals surface area (Å²) in [5.41, 5.74) is 1.23. The lowest BCUT2D eigenvalue weighted by Gasteiger charge is -2.30. The highest BCUT2D eigenvalue weighted by molar-refractivity contribution is 5.81. The van der Waals surface area contributed by atoms with Crippen LogP contribution in [0.2, 0.25) is 0 Å². The van der Waals surface area contributed by atoms with Gasteiger partial charge in [-0.15, -0.1) is 0 Å². The van der Waals surface area contributed by atoms with Crippen LogP contribution >= 0.6 is 0 Å². The second-order valence-electron chi connectivity index (χ2n) is 7.10. The fourth-order valence-corrected chi connectivity index (χ4v) is 4.09. The molecule has 1 N–H and O–H groups in total. The van der Waals surface area contributed by atoms with Gasteiger partial charge in [0.2, 0.25) is 5.91 Å². The minimum absolute atomic E-state index is 0.0584. The van der Waals surface area contributed by atoms with E-state index in [9.17, 15) is 4.79 Å². The molecule has 5 heteroatoms. The second kappa shape index (κ2) is 6.73. The van der Waals surface area contributed by atoms with Crippen LogP contribution in [0.3, 0.4) is 0 Å². The summed E-state index contributed by atoms with van der Waals surface area (Å²) in [4.78, 5) is 15.1. The van der Waals surface area contributed by atoms with E-state index in [4.69, 9.17) is 9.47 Å². The molecule has 1 aliphatic carbocycles. The molecular weight excluding hydrogens is 304 g/mol. The first-order valence-corrected chi connectivity index (χ1v) is 9.08. The van der Waals surface area contributed by atoms with Crippen LogP contribution in [0, 0.1) is 0 Å². The molecule has 130 valence electrons. The Morgan fingerprint density at radius 3 is 2.88 bits per heavy atom. The van der Waals surface area contributed by atoms with Crippen molar-refractivity contribution in [1.82, 2.24) is 10.2 Å². The van der Waals surface area contributed by atoms with Crippen molar-refractivity contribution in [3.05, 3.63) is 29.8 Å². The molecule has 24 heavy (non-hydrogen) atoms. The molecule has 3 unspecified atom stereocenters. The van der Waals surface area contributed by atoms with Gasteiger partial charge in [0.1, 0.15) is 11.9 Å². The van der Waals surface area contributed by atoms with Crippen LogP contribution in [-0.4, -0.2) is 49.3 Å². The average Bonchev–Trinajstić information content (AvgIpc) is 3.14. The number of hydrogen-bond donors (Lipinski definition) is 1. The van der Waals surface area contributed by atoms with E-state index >= 15 is 0 Å². The van der Waals surface area contributed by atoms with Crippen molar-refractivity contribution in [3.8, 4) is 5.75 Å². The standard InChI is InChI=1S/C19H26N2O3/c1-23-15-5-2-4-13(12-15)18-16(9-10-21(18)14-7-8-14)20-19(22)17-6-3-11-24-17/h2,4-5,12,14,16-18H,3,6-11H2,1H3,(H,20,22). The number of methoxy groups -OCH3 is 1. The molecule has 1 saturated carbocycles. The largest absolute Gasteiger partial charge is 0.497 e. The number of ether oxygens (including phenoxy) is 2. The number of amides is 1. The van der Waals surface area contributed by atoms with Crippen molar-refractivity contribution < 1.29 is 14.3 Å². The highest BCUT2D eigenvalue weighted by atomic mass is 16.5. The van der Waals surface area contributed by atoms with Gasteiger partial charge >= 0.3 is 0 Å². The van der Waals surface area contributed by atoms with Gasteiger partial charge in [0, 0.05) is 25.2 Å². The molecular formula is C19H26N2O3. The molecule has 2 saturated heterocycles. The van der Waals surface area contributed by atoms with Crippen LogP contribution in [-0.2, 0) is 9.53 Å². The average molecular weight is 330 g/mol. The number of nitrogens with one attached hydrogen (secondary N) is 1. The molecule has 5 nitrogen and oxygen atoms in total. The van der Waals surface area contributed by atoms with Gasteiger partial charge in [-0.05, 0) is 49.8 Å². The summed E-state index contributed by atoms with van der Waals surface area (Å²) in [6.07, 6.45) is 5.10. The molecule has 4 rings (SSSR count). The van der Waals surface area contributed by atoms with E-state index in [-0.39, 0.29) is 24.1 Å². The first kappa shape index (κ1) is 15.9. The summed E-state index contributed by atoms with van der Waals surface area (Å²) < 4.78 is 10.9. The predicted octanol–water partition coefficient (Wildman–Crippen LogP) is 2.27. The van der Waals surface area contributed by atoms with Crippen molar-refractivity contribution in [1.29, 1.82) is 0 Å². The van der Waals surface area contributed by atoms with Crippen molar-refractivity contribution in [2.75, 3.05) is 20.3 Å². The number of likely N-dealkylation sites (tertiary alicyclic amines) is 1. The third-order valence-electron chi connectivity index (χ3n) is 5.44. The summed E-state index contributed by atoms with van der Waals surface area (Å²) in [5.74, 6) is 0.933. The Morgan fingerprint density at radius 1 is 1.29 bits per heavy atom. The fraction of sp³-hybridized carbons (Fsp3) is 0.632. The van der Waals surface area contributed by atoms with E-state index in [1.165, 1.54) is 18.4 Å². The van der Waals surface area contributed by atoms with Gasteiger partial charge in [-0.25, -0.2) is 0 Å². The van der Waals surface area contributed by atoms with Gasteiger partial charge in [0.05, 0.1) is 13.2 Å². The summed E-state index contributed by atoms with van der Waals surface area (Å²) in [5, 5.41) is 3.27. The summed E-state index contributed by atoms with van der Waals surface area (Å²) in [7, 11) is 1.70. The van der Waals surface area contributed by atoms with Crippen LogP contribution < -0.4 is 10.1 Å². The molecule has 2 aliphatic heterocycles.